The standard InChI is InChI=1S/C18H26N2O4/c1-12-8-14(17(23)24-18(2,3)4)11-20(10-12)16(22)13-6-7-19(5)15(21)9-13/h6-7,9,12,14H,8,10-11H2,1-5H3. The van der Waals surface area contributed by atoms with E-state index in [2.05, 4.69) is 0 Å². The molecule has 132 valence electrons. The molecule has 6 heteroatoms. The van der Waals surface area contributed by atoms with Gasteiger partial charge >= 0.3 is 5.97 Å². The van der Waals surface area contributed by atoms with E-state index in [1.54, 1.807) is 24.2 Å². The van der Waals surface area contributed by atoms with Crippen molar-refractivity contribution in [2.75, 3.05) is 13.1 Å². The first kappa shape index (κ1) is 18.2. The summed E-state index contributed by atoms with van der Waals surface area (Å²) in [6, 6.07) is 2.97. The zero-order valence-electron chi connectivity index (χ0n) is 15.0. The highest BCUT2D eigenvalue weighted by Crippen LogP contribution is 2.25. The second kappa shape index (κ2) is 6.79. The van der Waals surface area contributed by atoms with Crippen molar-refractivity contribution in [2.24, 2.45) is 18.9 Å². The molecule has 2 atom stereocenters. The minimum atomic E-state index is -0.543. The summed E-state index contributed by atoms with van der Waals surface area (Å²) in [6.45, 7) is 8.42. The Balaban J connectivity index is 2.15. The first-order valence-corrected chi connectivity index (χ1v) is 8.25. The number of likely N-dealkylation sites (tertiary alicyclic amines) is 1. The van der Waals surface area contributed by atoms with E-state index in [1.807, 2.05) is 27.7 Å². The van der Waals surface area contributed by atoms with Gasteiger partial charge in [-0.15, -0.1) is 0 Å². The fraction of sp³-hybridized carbons (Fsp3) is 0.611. The number of carbonyl (C=O) groups is 2. The van der Waals surface area contributed by atoms with Crippen molar-refractivity contribution in [3.63, 3.8) is 0 Å². The molecular formula is C18H26N2O4. The molecule has 1 aromatic heterocycles. The third kappa shape index (κ3) is 4.46. The van der Waals surface area contributed by atoms with Gasteiger partial charge in [0.1, 0.15) is 5.60 Å². The molecule has 24 heavy (non-hydrogen) atoms. The van der Waals surface area contributed by atoms with Crippen molar-refractivity contribution in [3.8, 4) is 0 Å². The zero-order valence-corrected chi connectivity index (χ0v) is 15.0. The van der Waals surface area contributed by atoms with E-state index in [4.69, 9.17) is 4.74 Å². The summed E-state index contributed by atoms with van der Waals surface area (Å²) in [6.07, 6.45) is 2.28. The normalized spacial score (nSPS) is 21.5. The molecule has 0 bridgehead atoms. The highest BCUT2D eigenvalue weighted by Gasteiger charge is 2.34. The Morgan fingerprint density at radius 2 is 1.92 bits per heavy atom. The van der Waals surface area contributed by atoms with Crippen LogP contribution in [0.5, 0.6) is 0 Å². The number of aryl methyl sites for hydroxylation is 1. The maximum atomic E-state index is 12.7. The highest BCUT2D eigenvalue weighted by molar-refractivity contribution is 5.94. The largest absolute Gasteiger partial charge is 0.460 e. The van der Waals surface area contributed by atoms with Crippen LogP contribution in [0.1, 0.15) is 44.5 Å². The van der Waals surface area contributed by atoms with Crippen LogP contribution >= 0.6 is 0 Å². The number of amides is 1. The summed E-state index contributed by atoms with van der Waals surface area (Å²) in [5, 5.41) is 0. The number of ether oxygens (including phenoxy) is 1. The van der Waals surface area contributed by atoms with Crippen LogP contribution in [0.25, 0.3) is 0 Å². The van der Waals surface area contributed by atoms with Crippen LogP contribution in [0.4, 0.5) is 0 Å². The molecule has 1 fully saturated rings. The first-order valence-electron chi connectivity index (χ1n) is 8.25. The van der Waals surface area contributed by atoms with Gasteiger partial charge in [0.25, 0.3) is 11.5 Å². The monoisotopic (exact) mass is 334 g/mol. The molecule has 1 aromatic rings. The molecule has 1 amide bonds. The smallest absolute Gasteiger partial charge is 0.311 e. The van der Waals surface area contributed by atoms with Crippen molar-refractivity contribution in [1.82, 2.24) is 9.47 Å². The summed E-state index contributed by atoms with van der Waals surface area (Å²) in [5.41, 5.74) is -0.414. The van der Waals surface area contributed by atoms with E-state index >= 15 is 0 Å². The van der Waals surface area contributed by atoms with Gasteiger partial charge in [0.2, 0.25) is 0 Å². The predicted molar refractivity (Wildman–Crippen MR) is 90.7 cm³/mol. The minimum Gasteiger partial charge on any atom is -0.460 e. The number of carbonyl (C=O) groups excluding carboxylic acids is 2. The van der Waals surface area contributed by atoms with E-state index in [9.17, 15) is 14.4 Å². The molecule has 2 rings (SSSR count). The van der Waals surface area contributed by atoms with Gasteiger partial charge < -0.3 is 14.2 Å². The molecule has 0 aromatic carbocycles. The number of hydrogen-bond acceptors (Lipinski definition) is 4. The Labute approximate surface area is 142 Å². The van der Waals surface area contributed by atoms with Crippen LogP contribution in [0.15, 0.2) is 23.1 Å². The molecule has 1 saturated heterocycles. The van der Waals surface area contributed by atoms with Gasteiger partial charge in [0, 0.05) is 38.0 Å². The molecular weight excluding hydrogens is 308 g/mol. The molecule has 1 aliphatic heterocycles. The summed E-state index contributed by atoms with van der Waals surface area (Å²) in [5.74, 6) is -0.612. The lowest BCUT2D eigenvalue weighted by molar-refractivity contribution is -0.162. The summed E-state index contributed by atoms with van der Waals surface area (Å²) in [4.78, 5) is 38.4. The fourth-order valence-electron chi connectivity index (χ4n) is 2.94. The summed E-state index contributed by atoms with van der Waals surface area (Å²) in [7, 11) is 1.64. The van der Waals surface area contributed by atoms with Gasteiger partial charge in [-0.05, 0) is 39.2 Å². The van der Waals surface area contributed by atoms with Gasteiger partial charge in [-0.3, -0.25) is 14.4 Å². The van der Waals surface area contributed by atoms with E-state index < -0.39 is 5.60 Å². The van der Waals surface area contributed by atoms with E-state index in [-0.39, 0.29) is 29.3 Å². The van der Waals surface area contributed by atoms with Crippen molar-refractivity contribution >= 4 is 11.9 Å². The Morgan fingerprint density at radius 3 is 2.50 bits per heavy atom. The molecule has 0 N–H and O–H groups in total. The van der Waals surface area contributed by atoms with Crippen molar-refractivity contribution in [2.45, 2.75) is 39.7 Å². The predicted octanol–water partition coefficient (Wildman–Crippen LogP) is 1.83. The Kier molecular flexibility index (Phi) is 5.16. The summed E-state index contributed by atoms with van der Waals surface area (Å²) >= 11 is 0. The van der Waals surface area contributed by atoms with E-state index in [1.165, 1.54) is 10.6 Å². The molecule has 0 aliphatic carbocycles. The third-order valence-electron chi connectivity index (χ3n) is 4.04. The Bertz CT molecular complexity index is 687. The molecule has 2 unspecified atom stereocenters. The Morgan fingerprint density at radius 1 is 1.25 bits per heavy atom. The maximum absolute atomic E-state index is 12.7. The molecule has 0 spiro atoms. The lowest BCUT2D eigenvalue weighted by Crippen LogP contribution is -2.47. The van der Waals surface area contributed by atoms with Gasteiger partial charge in [-0.25, -0.2) is 0 Å². The number of nitrogens with zero attached hydrogens (tertiary/aromatic N) is 2. The topological polar surface area (TPSA) is 68.6 Å². The van der Waals surface area contributed by atoms with Crippen LogP contribution in [-0.2, 0) is 16.6 Å². The second-order valence-corrected chi connectivity index (χ2v) is 7.65. The quantitative estimate of drug-likeness (QED) is 0.774. The molecule has 1 aliphatic rings. The first-order chi connectivity index (χ1) is 11.1. The number of piperidine rings is 1. The number of rotatable bonds is 2. The Hall–Kier alpha value is -2.11. The van der Waals surface area contributed by atoms with Gasteiger partial charge in [-0.1, -0.05) is 6.92 Å². The van der Waals surface area contributed by atoms with Gasteiger partial charge in [0.05, 0.1) is 5.92 Å². The van der Waals surface area contributed by atoms with E-state index in [0.29, 0.717) is 25.1 Å². The molecule has 2 heterocycles. The average Bonchev–Trinajstić information content (AvgIpc) is 2.47. The molecule has 6 nitrogen and oxygen atoms in total. The van der Waals surface area contributed by atoms with Crippen LogP contribution in [0.2, 0.25) is 0 Å². The lowest BCUT2D eigenvalue weighted by Gasteiger charge is -2.36. The van der Waals surface area contributed by atoms with Crippen LogP contribution in [-0.4, -0.2) is 40.0 Å². The SMILES string of the molecule is CC1CC(C(=O)OC(C)(C)C)CN(C(=O)c2ccn(C)c(=O)c2)C1. The minimum absolute atomic E-state index is 0.201. The van der Waals surface area contributed by atoms with Crippen LogP contribution < -0.4 is 5.56 Å². The zero-order chi connectivity index (χ0) is 18.1. The number of esters is 1. The summed E-state index contributed by atoms with van der Waals surface area (Å²) < 4.78 is 6.88. The van der Waals surface area contributed by atoms with Crippen molar-refractivity contribution < 1.29 is 14.3 Å². The number of aromatic nitrogens is 1. The van der Waals surface area contributed by atoms with E-state index in [0.717, 1.165) is 0 Å². The average molecular weight is 334 g/mol. The van der Waals surface area contributed by atoms with Crippen LogP contribution in [0, 0.1) is 11.8 Å². The highest BCUT2D eigenvalue weighted by atomic mass is 16.6. The van der Waals surface area contributed by atoms with Gasteiger partial charge in [-0.2, -0.15) is 0 Å². The number of pyridine rings is 1. The third-order valence-corrected chi connectivity index (χ3v) is 4.04. The maximum Gasteiger partial charge on any atom is 0.311 e. The lowest BCUT2D eigenvalue weighted by atomic mass is 9.90. The second-order valence-electron chi connectivity index (χ2n) is 7.65. The van der Waals surface area contributed by atoms with Crippen molar-refractivity contribution in [1.29, 1.82) is 0 Å². The molecule has 0 saturated carbocycles. The number of hydrogen-bond donors (Lipinski definition) is 0. The van der Waals surface area contributed by atoms with Crippen molar-refractivity contribution in [3.05, 3.63) is 34.2 Å². The van der Waals surface area contributed by atoms with Gasteiger partial charge in [0.15, 0.2) is 0 Å². The molecule has 0 radical (unpaired) electrons. The van der Waals surface area contributed by atoms with Crippen LogP contribution in [0.3, 0.4) is 0 Å². The fourth-order valence-corrected chi connectivity index (χ4v) is 2.94.